The largest absolute Gasteiger partial charge is 0.394 e. The fourth-order valence-electron chi connectivity index (χ4n) is 4.64. The zero-order chi connectivity index (χ0) is 22.7. The van der Waals surface area contributed by atoms with Crippen molar-refractivity contribution in [2.45, 2.75) is 43.5 Å². The van der Waals surface area contributed by atoms with E-state index in [-0.39, 0.29) is 49.4 Å². The van der Waals surface area contributed by atoms with Crippen LogP contribution in [0.25, 0.3) is 0 Å². The molecular weight excluding hydrogens is 424 g/mol. The van der Waals surface area contributed by atoms with Crippen molar-refractivity contribution in [2.75, 3.05) is 19.7 Å². The molecule has 7 heteroatoms. The Morgan fingerprint density at radius 2 is 1.81 bits per heavy atom. The highest BCUT2D eigenvalue weighted by Crippen LogP contribution is 2.43. The lowest BCUT2D eigenvalue weighted by atomic mass is 9.74. The molecule has 1 amide bonds. The van der Waals surface area contributed by atoms with Gasteiger partial charge in [-0.25, -0.2) is 8.42 Å². The molecule has 0 saturated carbocycles. The summed E-state index contributed by atoms with van der Waals surface area (Å²) in [5.41, 5.74) is 2.60. The van der Waals surface area contributed by atoms with E-state index in [1.165, 1.54) is 4.31 Å². The molecule has 2 aliphatic rings. The molecule has 0 radical (unpaired) electrons. The summed E-state index contributed by atoms with van der Waals surface area (Å²) in [6, 6.07) is 16.2. The molecule has 3 atom stereocenters. The van der Waals surface area contributed by atoms with Gasteiger partial charge in [0.2, 0.25) is 15.9 Å². The molecule has 0 aliphatic carbocycles. The van der Waals surface area contributed by atoms with Crippen LogP contribution in [-0.4, -0.2) is 60.4 Å². The third-order valence-corrected chi connectivity index (χ3v) is 7.97. The Hall–Kier alpha value is -2.66. The number of rotatable bonds is 6. The molecule has 0 unspecified atom stereocenters. The number of aliphatic hydroxyl groups is 1. The summed E-state index contributed by atoms with van der Waals surface area (Å²) in [5.74, 6) is 5.76. The first-order chi connectivity index (χ1) is 15.4. The number of amides is 1. The van der Waals surface area contributed by atoms with E-state index in [2.05, 4.69) is 18.8 Å². The molecule has 1 N–H and O–H groups in total. The number of nitrogens with zero attached hydrogens (tertiary/aromatic N) is 2. The van der Waals surface area contributed by atoms with E-state index in [1.807, 2.05) is 30.3 Å². The Balaban J connectivity index is 1.53. The highest BCUT2D eigenvalue weighted by Gasteiger charge is 2.55. The van der Waals surface area contributed by atoms with E-state index >= 15 is 0 Å². The number of fused-ring (bicyclic) bond motifs is 1. The quantitative estimate of drug-likeness (QED) is 0.683. The van der Waals surface area contributed by atoms with Gasteiger partial charge in [0.05, 0.1) is 31.0 Å². The normalized spacial score (nSPS) is 23.1. The zero-order valence-electron chi connectivity index (χ0n) is 18.1. The van der Waals surface area contributed by atoms with Crippen LogP contribution in [0.15, 0.2) is 54.6 Å². The summed E-state index contributed by atoms with van der Waals surface area (Å²) in [5, 5.41) is 9.94. The predicted molar refractivity (Wildman–Crippen MR) is 123 cm³/mol. The molecule has 6 nitrogen and oxygen atoms in total. The van der Waals surface area contributed by atoms with E-state index in [4.69, 9.17) is 0 Å². The highest BCUT2D eigenvalue weighted by molar-refractivity contribution is 7.88. The van der Waals surface area contributed by atoms with Gasteiger partial charge in [0.1, 0.15) is 0 Å². The molecule has 2 saturated heterocycles. The predicted octanol–water partition coefficient (Wildman–Crippen LogP) is 2.34. The second-order valence-electron chi connectivity index (χ2n) is 8.35. The van der Waals surface area contributed by atoms with Gasteiger partial charge in [-0.3, -0.25) is 4.79 Å². The van der Waals surface area contributed by atoms with Crippen LogP contribution in [0.5, 0.6) is 0 Å². The molecule has 0 bridgehead atoms. The molecule has 32 heavy (non-hydrogen) atoms. The number of unbranched alkanes of at least 4 members (excludes halogenated alkanes) is 1. The van der Waals surface area contributed by atoms with Crippen molar-refractivity contribution in [1.82, 2.24) is 9.21 Å². The third kappa shape index (κ3) is 4.44. The standard InChI is InChI=1S/C25H28N2O4S/c1-2-3-5-8-19-11-13-21(14-12-19)25-22-15-26(16-24(29)27(22)23(25)17-28)32(30,31)18-20-9-6-4-7-10-20/h4,6-7,9-14,22-23,25,28H,2-3,15-18H2,1H3/t22-,23+,25-/m0/s1. The zero-order valence-corrected chi connectivity index (χ0v) is 19.0. The average Bonchev–Trinajstić information content (AvgIpc) is 2.76. The Kier molecular flexibility index (Phi) is 6.66. The van der Waals surface area contributed by atoms with Gasteiger partial charge in [-0.15, -0.1) is 0 Å². The first-order valence-electron chi connectivity index (χ1n) is 11.0. The fourth-order valence-corrected chi connectivity index (χ4v) is 6.12. The van der Waals surface area contributed by atoms with Gasteiger partial charge in [-0.05, 0) is 29.7 Å². The first-order valence-corrected chi connectivity index (χ1v) is 12.6. The molecule has 0 aromatic heterocycles. The summed E-state index contributed by atoms with van der Waals surface area (Å²) in [4.78, 5) is 14.5. The number of sulfonamides is 1. The molecule has 2 aliphatic heterocycles. The summed E-state index contributed by atoms with van der Waals surface area (Å²) in [6.07, 6.45) is 1.87. The lowest BCUT2D eigenvalue weighted by Crippen LogP contribution is -2.73. The maximum atomic E-state index is 13.0. The molecule has 2 aromatic rings. The van der Waals surface area contributed by atoms with Crippen LogP contribution in [0.3, 0.4) is 0 Å². The number of carbonyl (C=O) groups is 1. The van der Waals surface area contributed by atoms with Crippen LogP contribution in [0.1, 0.15) is 42.4 Å². The summed E-state index contributed by atoms with van der Waals surface area (Å²) in [6.45, 7) is 1.99. The van der Waals surface area contributed by atoms with Crippen LogP contribution in [-0.2, 0) is 20.6 Å². The van der Waals surface area contributed by atoms with Crippen LogP contribution in [0.4, 0.5) is 0 Å². The summed E-state index contributed by atoms with van der Waals surface area (Å²) in [7, 11) is -3.64. The minimum absolute atomic E-state index is 0.115. The lowest BCUT2D eigenvalue weighted by Gasteiger charge is -2.58. The number of hydrogen-bond donors (Lipinski definition) is 1. The van der Waals surface area contributed by atoms with Crippen LogP contribution in [0.2, 0.25) is 0 Å². The minimum Gasteiger partial charge on any atom is -0.394 e. The van der Waals surface area contributed by atoms with Crippen LogP contribution in [0, 0.1) is 11.8 Å². The monoisotopic (exact) mass is 452 g/mol. The topological polar surface area (TPSA) is 77.9 Å². The second kappa shape index (κ2) is 9.45. The molecule has 0 spiro atoms. The van der Waals surface area contributed by atoms with Crippen molar-refractivity contribution >= 4 is 15.9 Å². The van der Waals surface area contributed by atoms with E-state index in [9.17, 15) is 18.3 Å². The van der Waals surface area contributed by atoms with Gasteiger partial charge in [-0.1, -0.05) is 61.2 Å². The van der Waals surface area contributed by atoms with E-state index in [1.54, 1.807) is 29.2 Å². The Bertz CT molecular complexity index is 1120. The minimum atomic E-state index is -3.64. The number of benzene rings is 2. The van der Waals surface area contributed by atoms with Crippen molar-refractivity contribution in [3.05, 3.63) is 71.3 Å². The van der Waals surface area contributed by atoms with E-state index < -0.39 is 10.0 Å². The summed E-state index contributed by atoms with van der Waals surface area (Å²) < 4.78 is 27.4. The van der Waals surface area contributed by atoms with Crippen LogP contribution < -0.4 is 0 Å². The maximum Gasteiger partial charge on any atom is 0.238 e. The van der Waals surface area contributed by atoms with E-state index in [0.29, 0.717) is 5.56 Å². The molecular formula is C25H28N2O4S. The van der Waals surface area contributed by atoms with Crippen molar-refractivity contribution in [3.63, 3.8) is 0 Å². The number of carbonyl (C=O) groups excluding carboxylic acids is 1. The highest BCUT2D eigenvalue weighted by atomic mass is 32.2. The van der Waals surface area contributed by atoms with Gasteiger partial charge in [-0.2, -0.15) is 4.31 Å². The van der Waals surface area contributed by atoms with Crippen molar-refractivity contribution in [1.29, 1.82) is 0 Å². The Morgan fingerprint density at radius 3 is 2.47 bits per heavy atom. The molecule has 2 aromatic carbocycles. The van der Waals surface area contributed by atoms with Crippen molar-refractivity contribution < 1.29 is 18.3 Å². The van der Waals surface area contributed by atoms with Crippen molar-refractivity contribution in [2.24, 2.45) is 0 Å². The van der Waals surface area contributed by atoms with Crippen molar-refractivity contribution in [3.8, 4) is 11.8 Å². The van der Waals surface area contributed by atoms with Gasteiger partial charge in [0.15, 0.2) is 0 Å². The molecule has 4 rings (SSSR count). The van der Waals surface area contributed by atoms with Crippen LogP contribution >= 0.6 is 0 Å². The van der Waals surface area contributed by atoms with Gasteiger partial charge in [0, 0.05) is 24.4 Å². The number of piperazine rings is 1. The first kappa shape index (κ1) is 22.5. The molecule has 2 fully saturated rings. The molecule has 168 valence electrons. The SMILES string of the molecule is CCCC#Cc1ccc([C@@H]2[C@@H](CO)N3C(=O)CN(S(=O)(=O)Cc4ccccc4)C[C@@H]23)cc1. The lowest BCUT2D eigenvalue weighted by molar-refractivity contribution is -0.158. The Labute approximate surface area is 189 Å². The maximum absolute atomic E-state index is 13.0. The van der Waals surface area contributed by atoms with Gasteiger partial charge >= 0.3 is 0 Å². The summed E-state index contributed by atoms with van der Waals surface area (Å²) >= 11 is 0. The smallest absolute Gasteiger partial charge is 0.238 e. The van der Waals surface area contributed by atoms with E-state index in [0.717, 1.165) is 24.0 Å². The van der Waals surface area contributed by atoms with Gasteiger partial charge in [0.25, 0.3) is 0 Å². The average molecular weight is 453 g/mol. The number of hydrogen-bond acceptors (Lipinski definition) is 4. The third-order valence-electron chi connectivity index (χ3n) is 6.21. The fraction of sp³-hybridized carbons (Fsp3) is 0.400. The molecule has 2 heterocycles. The number of aliphatic hydroxyl groups excluding tert-OH is 1. The Morgan fingerprint density at radius 1 is 1.09 bits per heavy atom. The second-order valence-corrected chi connectivity index (χ2v) is 10.3. The van der Waals surface area contributed by atoms with Gasteiger partial charge < -0.3 is 10.0 Å².